The van der Waals surface area contributed by atoms with Crippen LogP contribution in [0.3, 0.4) is 0 Å². The molecule has 0 aliphatic carbocycles. The van der Waals surface area contributed by atoms with E-state index >= 15 is 0 Å². The lowest BCUT2D eigenvalue weighted by molar-refractivity contribution is 0.102. The number of rotatable bonds is 2. The zero-order chi connectivity index (χ0) is 13.3. The molecule has 0 fully saturated rings. The Morgan fingerprint density at radius 1 is 1.39 bits per heavy atom. The molecule has 0 aromatic carbocycles. The van der Waals surface area contributed by atoms with Crippen molar-refractivity contribution < 1.29 is 13.6 Å². The fraction of sp³-hybridized carbons (Fsp3) is 0.182. The van der Waals surface area contributed by atoms with Gasteiger partial charge in [-0.3, -0.25) is 9.48 Å². The van der Waals surface area contributed by atoms with Gasteiger partial charge in [-0.15, -0.1) is 0 Å². The minimum Gasteiger partial charge on any atom is -0.318 e. The van der Waals surface area contributed by atoms with E-state index in [1.165, 1.54) is 10.9 Å². The van der Waals surface area contributed by atoms with Gasteiger partial charge in [0.1, 0.15) is 0 Å². The number of amides is 1. The first-order valence-corrected chi connectivity index (χ1v) is 5.11. The third-order valence-corrected chi connectivity index (χ3v) is 2.32. The van der Waals surface area contributed by atoms with E-state index in [4.69, 9.17) is 0 Å². The van der Waals surface area contributed by atoms with Crippen molar-refractivity contribution in [2.75, 3.05) is 5.32 Å². The summed E-state index contributed by atoms with van der Waals surface area (Å²) in [5.41, 5.74) is 0.663. The van der Waals surface area contributed by atoms with Crippen molar-refractivity contribution in [3.8, 4) is 0 Å². The average Bonchev–Trinajstić information content (AvgIpc) is 2.62. The number of pyridine rings is 1. The zero-order valence-corrected chi connectivity index (χ0v) is 9.74. The van der Waals surface area contributed by atoms with E-state index in [0.29, 0.717) is 11.3 Å². The van der Waals surface area contributed by atoms with Gasteiger partial charge in [0.15, 0.2) is 0 Å². The van der Waals surface area contributed by atoms with Crippen molar-refractivity contribution in [2.45, 2.75) is 6.92 Å². The number of hydrogen-bond acceptors (Lipinski definition) is 3. The molecule has 0 saturated carbocycles. The van der Waals surface area contributed by atoms with Gasteiger partial charge in [0, 0.05) is 13.2 Å². The van der Waals surface area contributed by atoms with Crippen LogP contribution in [0, 0.1) is 18.8 Å². The quantitative estimate of drug-likeness (QED) is 0.827. The summed E-state index contributed by atoms with van der Waals surface area (Å²) in [6.07, 6.45) is 1.51. The van der Waals surface area contributed by atoms with Gasteiger partial charge in [-0.05, 0) is 19.1 Å². The molecule has 1 N–H and O–H groups in total. The second-order valence-electron chi connectivity index (χ2n) is 3.73. The molecule has 0 atom stereocenters. The highest BCUT2D eigenvalue weighted by Gasteiger charge is 2.15. The standard InChI is InChI=1S/C11H10F2N4O/c1-6-7(5-17(2)16-6)11(18)14-8-3-4-9(12)15-10(8)13/h3-5H,1-2H3,(H,14,18). The zero-order valence-electron chi connectivity index (χ0n) is 9.74. The Bertz CT molecular complexity index is 609. The molecule has 7 heteroatoms. The summed E-state index contributed by atoms with van der Waals surface area (Å²) in [5, 5.41) is 6.31. The largest absolute Gasteiger partial charge is 0.318 e. The molecule has 0 unspecified atom stereocenters. The van der Waals surface area contributed by atoms with Gasteiger partial charge in [0.2, 0.25) is 11.9 Å². The number of nitrogens with one attached hydrogen (secondary N) is 1. The van der Waals surface area contributed by atoms with Gasteiger partial charge >= 0.3 is 0 Å². The van der Waals surface area contributed by atoms with Crippen molar-refractivity contribution in [3.05, 3.63) is 41.5 Å². The maximum absolute atomic E-state index is 13.2. The first kappa shape index (κ1) is 12.2. The highest BCUT2D eigenvalue weighted by atomic mass is 19.1. The van der Waals surface area contributed by atoms with Crippen LogP contribution in [0.1, 0.15) is 16.1 Å². The Kier molecular flexibility index (Phi) is 3.05. The van der Waals surface area contributed by atoms with E-state index in [1.54, 1.807) is 14.0 Å². The molecule has 2 aromatic heterocycles. The van der Waals surface area contributed by atoms with Gasteiger partial charge in [-0.2, -0.15) is 18.9 Å². The van der Waals surface area contributed by atoms with Crippen LogP contribution in [-0.2, 0) is 7.05 Å². The van der Waals surface area contributed by atoms with Crippen molar-refractivity contribution >= 4 is 11.6 Å². The van der Waals surface area contributed by atoms with E-state index < -0.39 is 17.8 Å². The van der Waals surface area contributed by atoms with E-state index in [0.717, 1.165) is 12.1 Å². The Balaban J connectivity index is 2.24. The van der Waals surface area contributed by atoms with Crippen LogP contribution in [0.5, 0.6) is 0 Å². The number of carbonyl (C=O) groups excluding carboxylic acids is 1. The van der Waals surface area contributed by atoms with E-state index in [1.807, 2.05) is 0 Å². The van der Waals surface area contributed by atoms with Crippen LogP contribution in [0.15, 0.2) is 18.3 Å². The van der Waals surface area contributed by atoms with Crippen molar-refractivity contribution in [2.24, 2.45) is 7.05 Å². The predicted octanol–water partition coefficient (Wildman–Crippen LogP) is 1.65. The van der Waals surface area contributed by atoms with Gasteiger partial charge in [0.25, 0.3) is 5.91 Å². The normalized spacial score (nSPS) is 10.4. The second kappa shape index (κ2) is 4.52. The molecule has 0 aliphatic heterocycles. The summed E-state index contributed by atoms with van der Waals surface area (Å²) in [7, 11) is 1.67. The minimum atomic E-state index is -1.06. The smallest absolute Gasteiger partial charge is 0.259 e. The monoisotopic (exact) mass is 252 g/mol. The first-order chi connectivity index (χ1) is 8.47. The summed E-state index contributed by atoms with van der Waals surface area (Å²) in [4.78, 5) is 14.8. The molecule has 5 nitrogen and oxygen atoms in total. The molecule has 0 aliphatic rings. The van der Waals surface area contributed by atoms with Gasteiger partial charge < -0.3 is 5.32 Å². The second-order valence-corrected chi connectivity index (χ2v) is 3.73. The molecule has 2 aromatic rings. The lowest BCUT2D eigenvalue weighted by atomic mass is 10.2. The number of aromatic nitrogens is 3. The van der Waals surface area contributed by atoms with E-state index in [-0.39, 0.29) is 5.69 Å². The van der Waals surface area contributed by atoms with Crippen LogP contribution in [-0.4, -0.2) is 20.7 Å². The highest BCUT2D eigenvalue weighted by molar-refractivity contribution is 6.04. The Morgan fingerprint density at radius 2 is 2.11 bits per heavy atom. The van der Waals surface area contributed by atoms with Gasteiger partial charge in [0.05, 0.1) is 16.9 Å². The van der Waals surface area contributed by atoms with Crippen molar-refractivity contribution in [1.82, 2.24) is 14.8 Å². The Labute approximate surface area is 101 Å². The SMILES string of the molecule is Cc1nn(C)cc1C(=O)Nc1ccc(F)nc1F. The molecule has 18 heavy (non-hydrogen) atoms. The van der Waals surface area contributed by atoms with Crippen LogP contribution in [0.2, 0.25) is 0 Å². The summed E-state index contributed by atoms with van der Waals surface area (Å²) >= 11 is 0. The molecular weight excluding hydrogens is 242 g/mol. The minimum absolute atomic E-state index is 0.176. The summed E-state index contributed by atoms with van der Waals surface area (Å²) in [6, 6.07) is 2.08. The van der Waals surface area contributed by atoms with Gasteiger partial charge in [-0.1, -0.05) is 0 Å². The summed E-state index contributed by atoms with van der Waals surface area (Å²) in [5.74, 6) is -2.53. The maximum Gasteiger partial charge on any atom is 0.259 e. The van der Waals surface area contributed by atoms with Crippen molar-refractivity contribution in [1.29, 1.82) is 0 Å². The van der Waals surface area contributed by atoms with Crippen LogP contribution in [0.25, 0.3) is 0 Å². The molecule has 0 bridgehead atoms. The van der Waals surface area contributed by atoms with Crippen molar-refractivity contribution in [3.63, 3.8) is 0 Å². The fourth-order valence-corrected chi connectivity index (χ4v) is 1.52. The topological polar surface area (TPSA) is 59.8 Å². The third kappa shape index (κ3) is 2.34. The highest BCUT2D eigenvalue weighted by Crippen LogP contribution is 2.14. The third-order valence-electron chi connectivity index (χ3n) is 2.32. The van der Waals surface area contributed by atoms with Gasteiger partial charge in [-0.25, -0.2) is 0 Å². The molecule has 0 spiro atoms. The number of aryl methyl sites for hydroxylation is 2. The van der Waals surface area contributed by atoms with E-state index in [9.17, 15) is 13.6 Å². The molecule has 0 saturated heterocycles. The lowest BCUT2D eigenvalue weighted by Crippen LogP contribution is -2.14. The van der Waals surface area contributed by atoms with E-state index in [2.05, 4.69) is 15.4 Å². The summed E-state index contributed by atoms with van der Waals surface area (Å²) in [6.45, 7) is 1.66. The van der Waals surface area contributed by atoms with Crippen LogP contribution in [0.4, 0.5) is 14.5 Å². The molecule has 94 valence electrons. The Morgan fingerprint density at radius 3 is 2.67 bits per heavy atom. The number of anilines is 1. The first-order valence-electron chi connectivity index (χ1n) is 5.11. The fourth-order valence-electron chi connectivity index (χ4n) is 1.52. The Hall–Kier alpha value is -2.31. The molecular formula is C11H10F2N4O. The number of carbonyl (C=O) groups is 1. The maximum atomic E-state index is 13.2. The van der Waals surface area contributed by atoms with Crippen LogP contribution < -0.4 is 5.32 Å². The summed E-state index contributed by atoms with van der Waals surface area (Å²) < 4.78 is 27.3. The van der Waals surface area contributed by atoms with Crippen LogP contribution >= 0.6 is 0 Å². The number of hydrogen-bond donors (Lipinski definition) is 1. The lowest BCUT2D eigenvalue weighted by Gasteiger charge is -2.04. The number of nitrogens with zero attached hydrogens (tertiary/aromatic N) is 3. The molecule has 2 rings (SSSR count). The molecule has 2 heterocycles. The predicted molar refractivity (Wildman–Crippen MR) is 60.1 cm³/mol. The molecule has 1 amide bonds. The molecule has 0 radical (unpaired) electrons. The number of halogens is 2. The average molecular weight is 252 g/mol.